The third-order valence-electron chi connectivity index (χ3n) is 1.59. The first-order valence-electron chi connectivity index (χ1n) is 4.07. The molecule has 8 heteroatoms. The maximum atomic E-state index is 10.3. The number of hydrogen-bond donors (Lipinski definition) is 1. The van der Waals surface area contributed by atoms with Crippen LogP contribution in [0.15, 0.2) is 10.6 Å². The molecule has 1 N–H and O–H groups in total. The van der Waals surface area contributed by atoms with Gasteiger partial charge in [0, 0.05) is 6.42 Å². The SMILES string of the molecule is O=C(O)CCc1nnc(-c2cnns2)o1. The van der Waals surface area contributed by atoms with E-state index in [4.69, 9.17) is 9.52 Å². The van der Waals surface area contributed by atoms with Gasteiger partial charge in [-0.15, -0.1) is 15.3 Å². The van der Waals surface area contributed by atoms with Crippen LogP contribution in [0.3, 0.4) is 0 Å². The van der Waals surface area contributed by atoms with Crippen LogP contribution in [0.4, 0.5) is 0 Å². The molecular formula is C7H6N4O3S. The first kappa shape index (κ1) is 9.71. The molecule has 0 aliphatic carbocycles. The summed E-state index contributed by atoms with van der Waals surface area (Å²) < 4.78 is 8.88. The van der Waals surface area contributed by atoms with Crippen molar-refractivity contribution in [3.05, 3.63) is 12.1 Å². The molecule has 2 aromatic heterocycles. The monoisotopic (exact) mass is 226 g/mol. The zero-order chi connectivity index (χ0) is 10.7. The number of aliphatic carboxylic acids is 1. The summed E-state index contributed by atoms with van der Waals surface area (Å²) in [6.45, 7) is 0. The van der Waals surface area contributed by atoms with E-state index in [2.05, 4.69) is 19.8 Å². The summed E-state index contributed by atoms with van der Waals surface area (Å²) in [6.07, 6.45) is 1.72. The van der Waals surface area contributed by atoms with Crippen molar-refractivity contribution in [2.75, 3.05) is 0 Å². The minimum Gasteiger partial charge on any atom is -0.481 e. The van der Waals surface area contributed by atoms with Gasteiger partial charge in [-0.1, -0.05) is 4.49 Å². The molecule has 0 saturated carbocycles. The van der Waals surface area contributed by atoms with E-state index >= 15 is 0 Å². The lowest BCUT2D eigenvalue weighted by molar-refractivity contribution is -0.137. The quantitative estimate of drug-likeness (QED) is 0.814. The van der Waals surface area contributed by atoms with Crippen LogP contribution in [0.25, 0.3) is 10.8 Å². The Morgan fingerprint density at radius 3 is 3.07 bits per heavy atom. The molecule has 0 bridgehead atoms. The Morgan fingerprint density at radius 2 is 2.40 bits per heavy atom. The lowest BCUT2D eigenvalue weighted by Gasteiger charge is -1.88. The van der Waals surface area contributed by atoms with Gasteiger partial charge < -0.3 is 9.52 Å². The van der Waals surface area contributed by atoms with Crippen molar-refractivity contribution in [3.8, 4) is 10.8 Å². The van der Waals surface area contributed by atoms with E-state index in [1.54, 1.807) is 0 Å². The molecule has 7 nitrogen and oxygen atoms in total. The number of rotatable bonds is 4. The molecule has 2 heterocycles. The Labute approximate surface area is 87.9 Å². The summed E-state index contributed by atoms with van der Waals surface area (Å²) in [6, 6.07) is 0. The van der Waals surface area contributed by atoms with Crippen molar-refractivity contribution in [3.63, 3.8) is 0 Å². The molecule has 2 rings (SSSR count). The smallest absolute Gasteiger partial charge is 0.303 e. The number of carboxylic acid groups (broad SMARTS) is 1. The third kappa shape index (κ3) is 2.34. The summed E-state index contributed by atoms with van der Waals surface area (Å²) in [5, 5.41) is 19.6. The second kappa shape index (κ2) is 4.13. The van der Waals surface area contributed by atoms with Crippen molar-refractivity contribution in [1.29, 1.82) is 0 Å². The second-order valence-electron chi connectivity index (χ2n) is 2.68. The number of carboxylic acids is 1. The van der Waals surface area contributed by atoms with E-state index < -0.39 is 5.97 Å². The number of aromatic nitrogens is 4. The summed E-state index contributed by atoms with van der Waals surface area (Å²) in [7, 11) is 0. The van der Waals surface area contributed by atoms with Crippen molar-refractivity contribution in [2.45, 2.75) is 12.8 Å². The van der Waals surface area contributed by atoms with Crippen LogP contribution < -0.4 is 0 Å². The van der Waals surface area contributed by atoms with Gasteiger partial charge in [-0.05, 0) is 11.5 Å². The highest BCUT2D eigenvalue weighted by atomic mass is 32.1. The maximum Gasteiger partial charge on any atom is 0.303 e. The molecule has 78 valence electrons. The van der Waals surface area contributed by atoms with Gasteiger partial charge in [0.25, 0.3) is 5.89 Å². The summed E-state index contributed by atoms with van der Waals surface area (Å²) >= 11 is 1.14. The van der Waals surface area contributed by atoms with E-state index in [0.29, 0.717) is 16.7 Å². The fourth-order valence-electron chi connectivity index (χ4n) is 0.929. The van der Waals surface area contributed by atoms with E-state index in [1.807, 2.05) is 0 Å². The molecule has 0 amide bonds. The summed E-state index contributed by atoms with van der Waals surface area (Å²) in [4.78, 5) is 11.0. The van der Waals surface area contributed by atoms with Gasteiger partial charge >= 0.3 is 5.97 Å². The lowest BCUT2D eigenvalue weighted by atomic mass is 10.3. The molecule has 15 heavy (non-hydrogen) atoms. The number of hydrogen-bond acceptors (Lipinski definition) is 7. The highest BCUT2D eigenvalue weighted by Gasteiger charge is 2.11. The third-order valence-corrected chi connectivity index (χ3v) is 2.24. The van der Waals surface area contributed by atoms with Crippen LogP contribution in [0.1, 0.15) is 12.3 Å². The van der Waals surface area contributed by atoms with Crippen LogP contribution in [-0.2, 0) is 11.2 Å². The van der Waals surface area contributed by atoms with Crippen LogP contribution >= 0.6 is 11.5 Å². The number of aryl methyl sites for hydroxylation is 1. The van der Waals surface area contributed by atoms with Gasteiger partial charge in [-0.3, -0.25) is 4.79 Å². The molecule has 0 spiro atoms. The Hall–Kier alpha value is -1.83. The molecular weight excluding hydrogens is 220 g/mol. The predicted molar refractivity (Wildman–Crippen MR) is 49.2 cm³/mol. The van der Waals surface area contributed by atoms with Crippen LogP contribution in [0.5, 0.6) is 0 Å². The Bertz CT molecular complexity index is 453. The van der Waals surface area contributed by atoms with Crippen molar-refractivity contribution < 1.29 is 14.3 Å². The zero-order valence-electron chi connectivity index (χ0n) is 7.45. The van der Waals surface area contributed by atoms with E-state index in [9.17, 15) is 4.79 Å². The van der Waals surface area contributed by atoms with Gasteiger partial charge in [0.15, 0.2) is 0 Å². The first-order chi connectivity index (χ1) is 7.25. The first-order valence-corrected chi connectivity index (χ1v) is 4.85. The Morgan fingerprint density at radius 1 is 1.53 bits per heavy atom. The highest BCUT2D eigenvalue weighted by molar-refractivity contribution is 7.09. The molecule has 0 aromatic carbocycles. The van der Waals surface area contributed by atoms with Gasteiger partial charge in [0.2, 0.25) is 5.89 Å². The average Bonchev–Trinajstić information content (AvgIpc) is 2.85. The summed E-state index contributed by atoms with van der Waals surface area (Å²) in [5.74, 6) is -0.264. The van der Waals surface area contributed by atoms with Crippen molar-refractivity contribution >= 4 is 17.5 Å². The highest BCUT2D eigenvalue weighted by Crippen LogP contribution is 2.19. The van der Waals surface area contributed by atoms with Gasteiger partial charge in [0.05, 0.1) is 12.6 Å². The van der Waals surface area contributed by atoms with Crippen molar-refractivity contribution in [1.82, 2.24) is 19.8 Å². The molecule has 0 aliphatic heterocycles. The average molecular weight is 226 g/mol. The standard InChI is InChI=1S/C7H6N4O3S/c12-6(13)2-1-5-9-10-7(14-5)4-3-8-11-15-4/h3H,1-2H2,(H,12,13). The lowest BCUT2D eigenvalue weighted by Crippen LogP contribution is -1.97. The van der Waals surface area contributed by atoms with Gasteiger partial charge in [0.1, 0.15) is 4.88 Å². The van der Waals surface area contributed by atoms with Gasteiger partial charge in [-0.2, -0.15) is 0 Å². The minimum absolute atomic E-state index is 0.0252. The zero-order valence-corrected chi connectivity index (χ0v) is 8.27. The topological polar surface area (TPSA) is 102 Å². The van der Waals surface area contributed by atoms with E-state index in [0.717, 1.165) is 11.5 Å². The molecule has 0 atom stereocenters. The van der Waals surface area contributed by atoms with Gasteiger partial charge in [-0.25, -0.2) is 0 Å². The molecule has 2 aromatic rings. The van der Waals surface area contributed by atoms with Crippen molar-refractivity contribution in [2.24, 2.45) is 0 Å². The van der Waals surface area contributed by atoms with Crippen LogP contribution in [0.2, 0.25) is 0 Å². The largest absolute Gasteiger partial charge is 0.481 e. The maximum absolute atomic E-state index is 10.3. The molecule has 0 radical (unpaired) electrons. The molecule has 0 saturated heterocycles. The Balaban J connectivity index is 2.08. The number of nitrogens with zero attached hydrogens (tertiary/aromatic N) is 4. The molecule has 0 aliphatic rings. The summed E-state index contributed by atoms with van der Waals surface area (Å²) in [5.41, 5.74) is 0. The fourth-order valence-corrected chi connectivity index (χ4v) is 1.37. The fraction of sp³-hybridized carbons (Fsp3) is 0.286. The molecule has 0 fully saturated rings. The van der Waals surface area contributed by atoms with Crippen LogP contribution in [0, 0.1) is 0 Å². The van der Waals surface area contributed by atoms with Crippen LogP contribution in [-0.4, -0.2) is 30.9 Å². The minimum atomic E-state index is -0.894. The second-order valence-corrected chi connectivity index (χ2v) is 3.46. The van der Waals surface area contributed by atoms with E-state index in [-0.39, 0.29) is 12.8 Å². The molecule has 0 unspecified atom stereocenters. The normalized spacial score (nSPS) is 10.4. The Kier molecular flexibility index (Phi) is 2.68. The predicted octanol–water partition coefficient (Wildman–Crippen LogP) is 0.605. The van der Waals surface area contributed by atoms with E-state index in [1.165, 1.54) is 6.20 Å². The number of carbonyl (C=O) groups is 1.